The third-order valence-electron chi connectivity index (χ3n) is 1.93. The third-order valence-corrected chi connectivity index (χ3v) is 2.65. The van der Waals surface area contributed by atoms with E-state index in [0.29, 0.717) is 0 Å². The van der Waals surface area contributed by atoms with Crippen LogP contribution in [0.1, 0.15) is 0 Å². The standard InChI is InChI=1S/C11H8INO/c12-9-4-6-10(7-5-9)13-8-2-1-3-11(13)14/h1-8H. The van der Waals surface area contributed by atoms with E-state index in [1.165, 1.54) is 0 Å². The van der Waals surface area contributed by atoms with Gasteiger partial charge in [-0.25, -0.2) is 0 Å². The minimum atomic E-state index is -0.00583. The molecular formula is C11H8INO. The molecule has 0 radical (unpaired) electrons. The Balaban J connectivity index is 2.56. The lowest BCUT2D eigenvalue weighted by Crippen LogP contribution is -2.15. The Morgan fingerprint density at radius 3 is 2.36 bits per heavy atom. The van der Waals surface area contributed by atoms with Gasteiger partial charge in [0.1, 0.15) is 0 Å². The SMILES string of the molecule is O=c1ccccn1-c1ccc(I)cc1. The van der Waals surface area contributed by atoms with Crippen LogP contribution in [0.25, 0.3) is 5.69 Å². The molecule has 2 rings (SSSR count). The minimum Gasteiger partial charge on any atom is -0.284 e. The second-order valence-corrected chi connectivity index (χ2v) is 4.13. The Kier molecular flexibility index (Phi) is 2.67. The number of pyridine rings is 1. The van der Waals surface area contributed by atoms with E-state index >= 15 is 0 Å². The lowest BCUT2D eigenvalue weighted by atomic mass is 10.3. The van der Waals surface area contributed by atoms with Crippen LogP contribution in [0.3, 0.4) is 0 Å². The zero-order chi connectivity index (χ0) is 9.97. The van der Waals surface area contributed by atoms with Crippen molar-refractivity contribution >= 4 is 22.6 Å². The number of aromatic nitrogens is 1. The van der Waals surface area contributed by atoms with Crippen molar-refractivity contribution in [3.63, 3.8) is 0 Å². The van der Waals surface area contributed by atoms with E-state index in [1.54, 1.807) is 22.9 Å². The van der Waals surface area contributed by atoms with Crippen molar-refractivity contribution in [3.8, 4) is 5.69 Å². The molecule has 1 aromatic heterocycles. The summed E-state index contributed by atoms with van der Waals surface area (Å²) in [5.74, 6) is 0. The number of nitrogens with zero attached hydrogens (tertiary/aromatic N) is 1. The van der Waals surface area contributed by atoms with Gasteiger partial charge in [0, 0.05) is 21.5 Å². The first-order valence-corrected chi connectivity index (χ1v) is 5.29. The second kappa shape index (κ2) is 3.96. The van der Waals surface area contributed by atoms with Crippen molar-refractivity contribution in [1.82, 2.24) is 4.57 Å². The van der Waals surface area contributed by atoms with Gasteiger partial charge in [-0.15, -0.1) is 0 Å². The highest BCUT2D eigenvalue weighted by molar-refractivity contribution is 14.1. The van der Waals surface area contributed by atoms with Gasteiger partial charge in [-0.2, -0.15) is 0 Å². The predicted octanol–water partition coefficient (Wildman–Crippen LogP) is 2.44. The summed E-state index contributed by atoms with van der Waals surface area (Å²) >= 11 is 2.24. The molecule has 0 saturated heterocycles. The number of rotatable bonds is 1. The fraction of sp³-hybridized carbons (Fsp3) is 0. The van der Waals surface area contributed by atoms with Crippen LogP contribution in [0, 0.1) is 3.57 Å². The smallest absolute Gasteiger partial charge is 0.255 e. The highest BCUT2D eigenvalue weighted by atomic mass is 127. The van der Waals surface area contributed by atoms with Gasteiger partial charge in [0.2, 0.25) is 0 Å². The third kappa shape index (κ3) is 1.87. The summed E-state index contributed by atoms with van der Waals surface area (Å²) in [6, 6.07) is 13.0. The second-order valence-electron chi connectivity index (χ2n) is 2.89. The van der Waals surface area contributed by atoms with Crippen LogP contribution in [-0.2, 0) is 0 Å². The fourth-order valence-electron chi connectivity index (χ4n) is 1.24. The zero-order valence-electron chi connectivity index (χ0n) is 7.35. The number of hydrogen-bond acceptors (Lipinski definition) is 1. The monoisotopic (exact) mass is 297 g/mol. The molecular weight excluding hydrogens is 289 g/mol. The van der Waals surface area contributed by atoms with Crippen LogP contribution in [0.5, 0.6) is 0 Å². The van der Waals surface area contributed by atoms with Gasteiger partial charge < -0.3 is 0 Å². The number of halogens is 1. The molecule has 0 aliphatic heterocycles. The predicted molar refractivity (Wildman–Crippen MR) is 64.8 cm³/mol. The Labute approximate surface area is 95.3 Å². The van der Waals surface area contributed by atoms with Crippen molar-refractivity contribution in [2.24, 2.45) is 0 Å². The van der Waals surface area contributed by atoms with Crippen LogP contribution in [0.4, 0.5) is 0 Å². The summed E-state index contributed by atoms with van der Waals surface area (Å²) in [7, 11) is 0. The van der Waals surface area contributed by atoms with E-state index in [-0.39, 0.29) is 5.56 Å². The van der Waals surface area contributed by atoms with E-state index in [9.17, 15) is 4.79 Å². The first-order valence-electron chi connectivity index (χ1n) is 4.21. The largest absolute Gasteiger partial charge is 0.284 e. The molecule has 2 aromatic rings. The molecule has 14 heavy (non-hydrogen) atoms. The van der Waals surface area contributed by atoms with Crippen LogP contribution in [0.15, 0.2) is 53.5 Å². The average molecular weight is 297 g/mol. The summed E-state index contributed by atoms with van der Waals surface area (Å²) in [6.07, 6.45) is 1.77. The van der Waals surface area contributed by atoms with Crippen molar-refractivity contribution in [2.75, 3.05) is 0 Å². The maximum Gasteiger partial charge on any atom is 0.255 e. The first kappa shape index (κ1) is 9.45. The first-order chi connectivity index (χ1) is 6.77. The summed E-state index contributed by atoms with van der Waals surface area (Å²) in [4.78, 5) is 11.5. The van der Waals surface area contributed by atoms with Gasteiger partial charge in [0.05, 0.1) is 0 Å². The molecule has 0 fully saturated rings. The molecule has 1 heterocycles. The Morgan fingerprint density at radius 1 is 1.00 bits per heavy atom. The highest BCUT2D eigenvalue weighted by Gasteiger charge is 1.96. The zero-order valence-corrected chi connectivity index (χ0v) is 9.51. The van der Waals surface area contributed by atoms with Crippen LogP contribution in [-0.4, -0.2) is 4.57 Å². The minimum absolute atomic E-state index is 0.00583. The maximum absolute atomic E-state index is 11.5. The van der Waals surface area contributed by atoms with Gasteiger partial charge in [0.25, 0.3) is 5.56 Å². The van der Waals surface area contributed by atoms with Gasteiger partial charge >= 0.3 is 0 Å². The molecule has 0 atom stereocenters. The van der Waals surface area contributed by atoms with Crippen molar-refractivity contribution < 1.29 is 0 Å². The molecule has 0 N–H and O–H groups in total. The molecule has 0 spiro atoms. The average Bonchev–Trinajstić information content (AvgIpc) is 2.20. The molecule has 0 unspecified atom stereocenters. The van der Waals surface area contributed by atoms with Crippen molar-refractivity contribution in [3.05, 3.63) is 62.6 Å². The summed E-state index contributed by atoms with van der Waals surface area (Å²) < 4.78 is 2.78. The van der Waals surface area contributed by atoms with E-state index < -0.39 is 0 Å². The lowest BCUT2D eigenvalue weighted by Gasteiger charge is -2.03. The maximum atomic E-state index is 11.5. The molecule has 0 amide bonds. The van der Waals surface area contributed by atoms with E-state index in [0.717, 1.165) is 9.26 Å². The Hall–Kier alpha value is -1.10. The summed E-state index contributed by atoms with van der Waals surface area (Å²) in [5, 5.41) is 0. The van der Waals surface area contributed by atoms with Crippen LogP contribution >= 0.6 is 22.6 Å². The highest BCUT2D eigenvalue weighted by Crippen LogP contribution is 2.09. The van der Waals surface area contributed by atoms with Crippen LogP contribution < -0.4 is 5.56 Å². The molecule has 0 aliphatic rings. The molecule has 3 heteroatoms. The summed E-state index contributed by atoms with van der Waals surface area (Å²) in [6.45, 7) is 0. The van der Waals surface area contributed by atoms with E-state index in [4.69, 9.17) is 0 Å². The molecule has 0 bridgehead atoms. The molecule has 2 nitrogen and oxygen atoms in total. The quantitative estimate of drug-likeness (QED) is 0.741. The van der Waals surface area contributed by atoms with Crippen LogP contribution in [0.2, 0.25) is 0 Å². The number of benzene rings is 1. The van der Waals surface area contributed by atoms with E-state index in [2.05, 4.69) is 22.6 Å². The molecule has 0 aliphatic carbocycles. The Morgan fingerprint density at radius 2 is 1.71 bits per heavy atom. The topological polar surface area (TPSA) is 22.0 Å². The van der Waals surface area contributed by atoms with Crippen molar-refractivity contribution in [2.45, 2.75) is 0 Å². The molecule has 0 saturated carbocycles. The van der Waals surface area contributed by atoms with Crippen molar-refractivity contribution in [1.29, 1.82) is 0 Å². The summed E-state index contributed by atoms with van der Waals surface area (Å²) in [5.41, 5.74) is 0.893. The van der Waals surface area contributed by atoms with Gasteiger partial charge in [-0.3, -0.25) is 9.36 Å². The lowest BCUT2D eigenvalue weighted by molar-refractivity contribution is 0.990. The fourth-order valence-corrected chi connectivity index (χ4v) is 1.60. The van der Waals surface area contributed by atoms with Gasteiger partial charge in [-0.05, 0) is 52.9 Å². The molecule has 1 aromatic carbocycles. The number of hydrogen-bond donors (Lipinski definition) is 0. The van der Waals surface area contributed by atoms with Gasteiger partial charge in [-0.1, -0.05) is 6.07 Å². The van der Waals surface area contributed by atoms with E-state index in [1.807, 2.05) is 30.3 Å². The molecule has 70 valence electrons. The Bertz CT molecular complexity index is 487. The normalized spacial score (nSPS) is 10.1. The van der Waals surface area contributed by atoms with Gasteiger partial charge in [0.15, 0.2) is 0 Å².